The molecule has 0 aromatic carbocycles. The van der Waals surface area contributed by atoms with Crippen molar-refractivity contribution in [1.82, 2.24) is 0 Å². The Labute approximate surface area is 179 Å². The van der Waals surface area contributed by atoms with E-state index in [1.54, 1.807) is 33.1 Å². The lowest BCUT2D eigenvalue weighted by Crippen LogP contribution is -2.37. The van der Waals surface area contributed by atoms with Crippen LogP contribution < -0.4 is 0 Å². The maximum atomic E-state index is 12.4. The third-order valence-corrected chi connectivity index (χ3v) is 5.48. The molecule has 170 valence electrons. The zero-order valence-corrected chi connectivity index (χ0v) is 18.0. The first kappa shape index (κ1) is 21.8. The number of carbonyl (C=O) groups is 2. The average Bonchev–Trinajstić information content (AvgIpc) is 3.31. The number of esters is 2. The number of allylic oxidation sites excluding steroid dienone is 2. The number of carbonyl (C=O) groups excluding carboxylic acids is 2. The minimum atomic E-state index is -1.19. The lowest BCUT2D eigenvalue weighted by Gasteiger charge is -2.24. The molecule has 3 saturated heterocycles. The fraction of sp³-hybridized carbons (Fsp3) is 0.619. The van der Waals surface area contributed by atoms with Gasteiger partial charge in [0.05, 0.1) is 14.2 Å². The summed E-state index contributed by atoms with van der Waals surface area (Å²) in [6, 6.07) is 0. The molecule has 10 nitrogen and oxygen atoms in total. The quantitative estimate of drug-likeness (QED) is 0.442. The van der Waals surface area contributed by atoms with Crippen LogP contribution >= 0.6 is 0 Å². The van der Waals surface area contributed by atoms with Gasteiger partial charge in [0.1, 0.15) is 12.2 Å². The van der Waals surface area contributed by atoms with Crippen LogP contribution in [0.2, 0.25) is 0 Å². The summed E-state index contributed by atoms with van der Waals surface area (Å²) in [6.07, 6.45) is 0.789. The molecule has 4 rings (SSSR count). The molecule has 0 aromatic heterocycles. The van der Waals surface area contributed by atoms with E-state index < -0.39 is 48.4 Å². The van der Waals surface area contributed by atoms with Gasteiger partial charge in [0.2, 0.25) is 6.10 Å². The number of rotatable bonds is 6. The van der Waals surface area contributed by atoms with Crippen molar-refractivity contribution in [3.63, 3.8) is 0 Å². The van der Waals surface area contributed by atoms with Crippen LogP contribution in [0, 0.1) is 0 Å². The van der Waals surface area contributed by atoms with E-state index in [-0.39, 0.29) is 6.10 Å². The lowest BCUT2D eigenvalue weighted by molar-refractivity contribution is -0.216. The van der Waals surface area contributed by atoms with Crippen LogP contribution in [-0.4, -0.2) is 75.9 Å². The predicted molar refractivity (Wildman–Crippen MR) is 102 cm³/mol. The van der Waals surface area contributed by atoms with Crippen molar-refractivity contribution >= 4 is 11.9 Å². The highest BCUT2D eigenvalue weighted by Crippen LogP contribution is 2.43. The maximum absolute atomic E-state index is 12.4. The normalized spacial score (nSPS) is 36.2. The fourth-order valence-corrected chi connectivity index (χ4v) is 4.13. The average molecular weight is 438 g/mol. The van der Waals surface area contributed by atoms with Gasteiger partial charge in [-0.2, -0.15) is 0 Å². The van der Waals surface area contributed by atoms with E-state index in [4.69, 9.17) is 37.9 Å². The van der Waals surface area contributed by atoms with Crippen molar-refractivity contribution in [3.05, 3.63) is 35.3 Å². The summed E-state index contributed by atoms with van der Waals surface area (Å²) in [5, 5.41) is 0. The molecule has 3 fully saturated rings. The molecular weight excluding hydrogens is 412 g/mol. The minimum absolute atomic E-state index is 0.346. The van der Waals surface area contributed by atoms with Crippen LogP contribution in [0.4, 0.5) is 0 Å². The molecule has 6 unspecified atom stereocenters. The van der Waals surface area contributed by atoms with Gasteiger partial charge in [-0.15, -0.1) is 0 Å². The Morgan fingerprint density at radius 2 is 1.90 bits per heavy atom. The Morgan fingerprint density at radius 1 is 1.13 bits per heavy atom. The molecule has 3 aliphatic heterocycles. The molecule has 10 heteroatoms. The largest absolute Gasteiger partial charge is 0.494 e. The highest BCUT2D eigenvalue weighted by Gasteiger charge is 2.64. The van der Waals surface area contributed by atoms with E-state index in [2.05, 4.69) is 0 Å². The number of ether oxygens (including phenoxy) is 8. The van der Waals surface area contributed by atoms with Crippen LogP contribution in [0.1, 0.15) is 20.3 Å². The maximum Gasteiger partial charge on any atom is 0.350 e. The molecule has 0 radical (unpaired) electrons. The Morgan fingerprint density at radius 3 is 2.58 bits per heavy atom. The second-order valence-electron chi connectivity index (χ2n) is 7.95. The van der Waals surface area contributed by atoms with Gasteiger partial charge in [0, 0.05) is 19.6 Å². The number of hydrogen-bond donors (Lipinski definition) is 0. The summed E-state index contributed by atoms with van der Waals surface area (Å²) in [5.74, 6) is -1.14. The third kappa shape index (κ3) is 4.08. The predicted octanol–water partition coefficient (Wildman–Crippen LogP) is 1.11. The van der Waals surface area contributed by atoms with E-state index in [0.717, 1.165) is 5.57 Å². The van der Waals surface area contributed by atoms with Gasteiger partial charge in [-0.25, -0.2) is 9.59 Å². The molecular formula is C21H26O10. The first-order valence-corrected chi connectivity index (χ1v) is 9.92. The van der Waals surface area contributed by atoms with Crippen LogP contribution in [0.25, 0.3) is 0 Å². The van der Waals surface area contributed by atoms with Crippen molar-refractivity contribution in [1.29, 1.82) is 0 Å². The van der Waals surface area contributed by atoms with Gasteiger partial charge in [-0.1, -0.05) is 6.08 Å². The monoisotopic (exact) mass is 438 g/mol. The molecule has 4 aliphatic rings. The third-order valence-electron chi connectivity index (χ3n) is 5.48. The second-order valence-corrected chi connectivity index (χ2v) is 7.95. The van der Waals surface area contributed by atoms with Crippen LogP contribution in [-0.2, 0) is 47.5 Å². The number of fused-ring (bicyclic) bond motifs is 3. The summed E-state index contributed by atoms with van der Waals surface area (Å²) < 4.78 is 43.9. The summed E-state index contributed by atoms with van der Waals surface area (Å²) in [7, 11) is 4.62. The zero-order valence-electron chi connectivity index (χ0n) is 18.0. The lowest BCUT2D eigenvalue weighted by atomic mass is 9.99. The van der Waals surface area contributed by atoms with Gasteiger partial charge in [0.25, 0.3) is 0 Å². The van der Waals surface area contributed by atoms with E-state index in [1.165, 1.54) is 20.3 Å². The number of methoxy groups -OCH3 is 3. The molecule has 0 saturated carbocycles. The van der Waals surface area contributed by atoms with Crippen molar-refractivity contribution in [2.75, 3.05) is 21.3 Å². The van der Waals surface area contributed by atoms with Gasteiger partial charge >= 0.3 is 11.9 Å². The Bertz CT molecular complexity index is 841. The van der Waals surface area contributed by atoms with Crippen molar-refractivity contribution in [3.8, 4) is 0 Å². The van der Waals surface area contributed by atoms with E-state index >= 15 is 0 Å². The van der Waals surface area contributed by atoms with Crippen molar-refractivity contribution in [2.24, 2.45) is 0 Å². The molecule has 0 bridgehead atoms. The Hall–Kier alpha value is -2.40. The first-order chi connectivity index (χ1) is 14.8. The van der Waals surface area contributed by atoms with Gasteiger partial charge in [-0.3, -0.25) is 0 Å². The Balaban J connectivity index is 1.40. The molecule has 0 amide bonds. The van der Waals surface area contributed by atoms with Gasteiger partial charge in [0.15, 0.2) is 35.8 Å². The summed E-state index contributed by atoms with van der Waals surface area (Å²) in [5.41, 5.74) is 0.768. The topological polar surface area (TPSA) is 108 Å². The highest BCUT2D eigenvalue weighted by molar-refractivity contribution is 5.87. The van der Waals surface area contributed by atoms with Crippen molar-refractivity contribution < 1.29 is 47.5 Å². The van der Waals surface area contributed by atoms with E-state index in [1.807, 2.05) is 0 Å². The molecule has 0 N–H and O–H groups in total. The smallest absolute Gasteiger partial charge is 0.350 e. The van der Waals surface area contributed by atoms with Crippen LogP contribution in [0.5, 0.6) is 0 Å². The zero-order chi connectivity index (χ0) is 22.3. The first-order valence-electron chi connectivity index (χ1n) is 9.92. The van der Waals surface area contributed by atoms with Gasteiger partial charge in [-0.05, 0) is 25.5 Å². The van der Waals surface area contributed by atoms with E-state index in [0.29, 0.717) is 17.9 Å². The molecule has 0 aromatic rings. The molecule has 0 spiro atoms. The van der Waals surface area contributed by atoms with Crippen molar-refractivity contribution in [2.45, 2.75) is 62.9 Å². The highest BCUT2D eigenvalue weighted by atomic mass is 16.9. The molecule has 6 atom stereocenters. The molecule has 31 heavy (non-hydrogen) atoms. The van der Waals surface area contributed by atoms with Crippen LogP contribution in [0.15, 0.2) is 35.3 Å². The summed E-state index contributed by atoms with van der Waals surface area (Å²) in [4.78, 5) is 24.6. The number of hydrogen-bond acceptors (Lipinski definition) is 10. The molecule has 3 heterocycles. The van der Waals surface area contributed by atoms with Crippen LogP contribution in [0.3, 0.4) is 0 Å². The summed E-state index contributed by atoms with van der Waals surface area (Å²) in [6.45, 7) is 3.49. The minimum Gasteiger partial charge on any atom is -0.494 e. The SMILES string of the molecule is COC1=C(OC)C(OC)CC(/C=C/C(=O)OC2C(=O)OC3C4OC(C)(C)OC4OC23)=C1. The standard InChI is InChI=1S/C21H26O10/c1-21(2)30-18-16-15(29-20(18)31-21)17(19(23)28-16)27-13(22)7-6-10-8-11(24-3)14(26-5)12(9-10)25-4/h6-8,12,15-18,20H,9H2,1-5H3/b7-6+. The summed E-state index contributed by atoms with van der Waals surface area (Å²) >= 11 is 0. The fourth-order valence-electron chi connectivity index (χ4n) is 4.13. The Kier molecular flexibility index (Phi) is 5.82. The van der Waals surface area contributed by atoms with E-state index in [9.17, 15) is 9.59 Å². The van der Waals surface area contributed by atoms with Gasteiger partial charge < -0.3 is 37.9 Å². The second kappa shape index (κ2) is 8.27. The molecule has 1 aliphatic carbocycles.